The van der Waals surface area contributed by atoms with Gasteiger partial charge in [-0.1, -0.05) is 43.8 Å². The van der Waals surface area contributed by atoms with E-state index in [-0.39, 0.29) is 12.0 Å². The summed E-state index contributed by atoms with van der Waals surface area (Å²) in [4.78, 5) is 39.4. The minimum atomic E-state index is -3.87. The van der Waals surface area contributed by atoms with E-state index in [1.54, 1.807) is 6.92 Å². The second-order valence-electron chi connectivity index (χ2n) is 9.38. The van der Waals surface area contributed by atoms with Crippen molar-refractivity contribution in [2.45, 2.75) is 67.6 Å². The SMILES string of the molecule is [2H]C([2H])([2H])OC(=O)[C@H]1O[C@@]2(CCC(=C)C(O)C(C)Cc3ccccc3)O[C@](C(=O)OC([2H])([2H])[2H])([C@H](O)[C@H]2O)[C@]1(O)C(=O)OC. The third-order valence-electron chi connectivity index (χ3n) is 7.12. The van der Waals surface area contributed by atoms with Gasteiger partial charge in [0, 0.05) is 6.42 Å². The van der Waals surface area contributed by atoms with Crippen LogP contribution in [0.3, 0.4) is 0 Å². The van der Waals surface area contributed by atoms with Crippen molar-refractivity contribution in [1.29, 1.82) is 0 Å². The van der Waals surface area contributed by atoms with Gasteiger partial charge in [0.05, 0.1) is 35.5 Å². The lowest BCUT2D eigenvalue weighted by Crippen LogP contribution is -2.78. The van der Waals surface area contributed by atoms with Gasteiger partial charge in [0.2, 0.25) is 17.3 Å². The van der Waals surface area contributed by atoms with Gasteiger partial charge >= 0.3 is 17.9 Å². The van der Waals surface area contributed by atoms with Crippen molar-refractivity contribution in [3.05, 3.63) is 48.0 Å². The van der Waals surface area contributed by atoms with Gasteiger partial charge in [0.25, 0.3) is 0 Å². The van der Waals surface area contributed by atoms with Gasteiger partial charge in [0.1, 0.15) is 12.2 Å². The summed E-state index contributed by atoms with van der Waals surface area (Å²) >= 11 is 0. The van der Waals surface area contributed by atoms with E-state index in [1.165, 1.54) is 0 Å². The van der Waals surface area contributed by atoms with E-state index in [0.717, 1.165) is 5.56 Å². The van der Waals surface area contributed by atoms with Gasteiger partial charge in [-0.2, -0.15) is 0 Å². The average molecular weight is 545 g/mol. The lowest BCUT2D eigenvalue weighted by molar-refractivity contribution is -0.374. The zero-order valence-electron chi connectivity index (χ0n) is 26.7. The number of methoxy groups -OCH3 is 3. The summed E-state index contributed by atoms with van der Waals surface area (Å²) in [5, 5.41) is 44.8. The first-order valence-electron chi connectivity index (χ1n) is 14.6. The highest BCUT2D eigenvalue weighted by Gasteiger charge is 2.85. The van der Waals surface area contributed by atoms with Crippen LogP contribution in [0.4, 0.5) is 0 Å². The molecule has 0 aromatic heterocycles. The number of aliphatic hydroxyl groups excluding tert-OH is 3. The van der Waals surface area contributed by atoms with E-state index in [4.69, 9.17) is 17.7 Å². The molecule has 2 saturated heterocycles. The lowest BCUT2D eigenvalue weighted by Gasteiger charge is -2.49. The van der Waals surface area contributed by atoms with Crippen molar-refractivity contribution in [2.75, 3.05) is 21.2 Å². The predicted octanol–water partition coefficient (Wildman–Crippen LogP) is -0.601. The number of hydrogen-bond donors (Lipinski definition) is 4. The molecule has 0 spiro atoms. The second-order valence-corrected chi connectivity index (χ2v) is 9.38. The monoisotopic (exact) mass is 544 g/mol. The van der Waals surface area contributed by atoms with E-state index in [9.17, 15) is 34.8 Å². The molecule has 0 saturated carbocycles. The van der Waals surface area contributed by atoms with Crippen LogP contribution in [0.15, 0.2) is 42.5 Å². The van der Waals surface area contributed by atoms with Gasteiger partial charge in [-0.25, -0.2) is 14.4 Å². The molecular weight excluding hydrogens is 504 g/mol. The molecule has 8 atom stereocenters. The van der Waals surface area contributed by atoms with Crippen LogP contribution < -0.4 is 0 Å². The maximum absolute atomic E-state index is 13.4. The normalized spacial score (nSPS) is 36.6. The van der Waals surface area contributed by atoms with Gasteiger partial charge in [0.15, 0.2) is 5.79 Å². The summed E-state index contributed by atoms with van der Waals surface area (Å²) in [5.41, 5.74) is -6.46. The van der Waals surface area contributed by atoms with Crippen LogP contribution in [0.5, 0.6) is 0 Å². The summed E-state index contributed by atoms with van der Waals surface area (Å²) < 4.78 is 68.0. The first kappa shape index (κ1) is 22.0. The fourth-order valence-electron chi connectivity index (χ4n) is 5.05. The van der Waals surface area contributed by atoms with Crippen LogP contribution in [0, 0.1) is 5.92 Å². The van der Waals surface area contributed by atoms with E-state index in [2.05, 4.69) is 20.8 Å². The summed E-state index contributed by atoms with van der Waals surface area (Å²) in [6.45, 7) is 5.57. The summed E-state index contributed by atoms with van der Waals surface area (Å²) in [7, 11) is -6.39. The number of hydrogen-bond acceptors (Lipinski definition) is 12. The van der Waals surface area contributed by atoms with Crippen molar-refractivity contribution >= 4 is 17.9 Å². The maximum Gasteiger partial charge on any atom is 0.345 e. The number of rotatable bonds is 10. The Morgan fingerprint density at radius 1 is 1.11 bits per heavy atom. The zero-order valence-corrected chi connectivity index (χ0v) is 20.7. The average Bonchev–Trinajstić information content (AvgIpc) is 3.12. The molecule has 3 rings (SSSR count). The van der Waals surface area contributed by atoms with E-state index in [0.29, 0.717) is 13.5 Å². The van der Waals surface area contributed by atoms with Crippen molar-refractivity contribution in [1.82, 2.24) is 0 Å². The third kappa shape index (κ3) is 4.51. The van der Waals surface area contributed by atoms with Crippen LogP contribution in [-0.4, -0.2) is 101 Å². The van der Waals surface area contributed by atoms with Crippen molar-refractivity contribution in [3.8, 4) is 0 Å². The zero-order chi connectivity index (χ0) is 33.5. The molecule has 12 nitrogen and oxygen atoms in total. The molecule has 4 N–H and O–H groups in total. The number of fused-ring (bicyclic) bond motifs is 2. The highest BCUT2D eigenvalue weighted by molar-refractivity contribution is 5.99. The maximum atomic E-state index is 13.4. The van der Waals surface area contributed by atoms with Crippen molar-refractivity contribution in [2.24, 2.45) is 5.92 Å². The molecule has 2 heterocycles. The Kier molecular flexibility index (Phi) is 6.42. The van der Waals surface area contributed by atoms with E-state index in [1.807, 2.05) is 30.3 Å². The highest BCUT2D eigenvalue weighted by atomic mass is 16.8. The van der Waals surface area contributed by atoms with Gasteiger partial charge in [-0.05, 0) is 29.9 Å². The smallest absolute Gasteiger partial charge is 0.345 e. The Balaban J connectivity index is 2.05. The van der Waals surface area contributed by atoms with Crippen LogP contribution >= 0.6 is 0 Å². The molecule has 1 aromatic carbocycles. The predicted molar refractivity (Wildman–Crippen MR) is 128 cm³/mol. The standard InChI is InChI=1S/C26H34O12/c1-14(17(27)15(2)13-16-9-7-6-8-10-16)11-12-24-18(28)19(29)26(38-24,23(32)36-5)25(33,22(31)35-4)20(37-24)21(30)34-3/h6-10,15,17-20,27-29,33H,1,11-13H2,2-5H3/t15?,17?,18-,19-,20-,24+,25-,26+/m1/s1/i3D3,5D3. The molecule has 0 amide bonds. The quantitative estimate of drug-likeness (QED) is 0.167. The van der Waals surface area contributed by atoms with Crippen molar-refractivity contribution in [3.63, 3.8) is 0 Å². The first-order valence-corrected chi connectivity index (χ1v) is 11.6. The van der Waals surface area contributed by atoms with Crippen LogP contribution in [0.25, 0.3) is 0 Å². The fraction of sp³-hybridized carbons (Fsp3) is 0.577. The minimum absolute atomic E-state index is 0.134. The van der Waals surface area contributed by atoms with Crippen LogP contribution in [-0.2, 0) is 44.5 Å². The van der Waals surface area contributed by atoms with Crippen molar-refractivity contribution < 1.29 is 66.7 Å². The van der Waals surface area contributed by atoms with Crippen LogP contribution in [0.1, 0.15) is 33.6 Å². The number of esters is 3. The molecule has 1 aromatic rings. The van der Waals surface area contributed by atoms with Gasteiger partial charge in [-0.3, -0.25) is 0 Å². The summed E-state index contributed by atoms with van der Waals surface area (Å²) in [6, 6.07) is 9.16. The number of carbonyl (C=O) groups excluding carboxylic acids is 3. The highest BCUT2D eigenvalue weighted by Crippen LogP contribution is 2.55. The molecule has 2 aliphatic rings. The van der Waals surface area contributed by atoms with E-state index >= 15 is 0 Å². The molecule has 2 unspecified atom stereocenters. The van der Waals surface area contributed by atoms with E-state index < -0.39 is 85.7 Å². The third-order valence-corrected chi connectivity index (χ3v) is 7.12. The largest absolute Gasteiger partial charge is 0.467 e. The van der Waals surface area contributed by atoms with Gasteiger partial charge in [-0.15, -0.1) is 0 Å². The van der Waals surface area contributed by atoms with Crippen LogP contribution in [0.2, 0.25) is 0 Å². The molecule has 0 aliphatic carbocycles. The molecule has 2 fully saturated rings. The molecule has 12 heteroatoms. The topological polar surface area (TPSA) is 178 Å². The minimum Gasteiger partial charge on any atom is -0.467 e. The summed E-state index contributed by atoms with van der Waals surface area (Å²) in [5.74, 6) is -9.20. The molecule has 2 bridgehead atoms. The molecule has 210 valence electrons. The Bertz CT molecular complexity index is 1260. The molecule has 38 heavy (non-hydrogen) atoms. The second kappa shape index (κ2) is 11.1. The Labute approximate surface area is 228 Å². The van der Waals surface area contributed by atoms with Gasteiger partial charge < -0.3 is 44.1 Å². The Morgan fingerprint density at radius 2 is 1.76 bits per heavy atom. The number of benzene rings is 1. The summed E-state index contributed by atoms with van der Waals surface area (Å²) in [6.07, 6.45) is -9.69. The molecule has 2 aliphatic heterocycles. The number of carbonyl (C=O) groups is 3. The first-order chi connectivity index (χ1) is 20.1. The lowest BCUT2D eigenvalue weighted by atomic mass is 9.74. The number of aliphatic hydroxyl groups is 4. The fourth-order valence-corrected chi connectivity index (χ4v) is 5.05. The Hall–Kier alpha value is -2.87. The molecule has 0 radical (unpaired) electrons. The number of ether oxygens (including phenoxy) is 5. The molecular formula is C26H34O12. The Morgan fingerprint density at radius 3 is 2.37 bits per heavy atom.